The van der Waals surface area contributed by atoms with Gasteiger partial charge in [-0.3, -0.25) is 9.59 Å². The van der Waals surface area contributed by atoms with Crippen LogP contribution in [0, 0.1) is 25.2 Å². The second kappa shape index (κ2) is 10.3. The van der Waals surface area contributed by atoms with Gasteiger partial charge in [-0.1, -0.05) is 0 Å². The molecule has 3 rings (SSSR count). The van der Waals surface area contributed by atoms with Crippen LogP contribution in [0.4, 0.5) is 5.69 Å². The number of nitrogens with zero attached hydrogens (tertiary/aromatic N) is 3. The Morgan fingerprint density at radius 3 is 2.47 bits per heavy atom. The SMILES string of the molecule is COCC(C)n1c(C)cc(/C=C(/C#N)C(=O)Nc2ccc(C(=O)N3CCCC3)cc2)c1C. The lowest BCUT2D eigenvalue weighted by molar-refractivity contribution is -0.112. The van der Waals surface area contributed by atoms with Crippen LogP contribution in [0.5, 0.6) is 0 Å². The Balaban J connectivity index is 1.74. The van der Waals surface area contributed by atoms with Crippen molar-refractivity contribution >= 4 is 23.6 Å². The number of amides is 2. The van der Waals surface area contributed by atoms with Gasteiger partial charge in [0.15, 0.2) is 0 Å². The van der Waals surface area contributed by atoms with Crippen LogP contribution in [0.2, 0.25) is 0 Å². The minimum absolute atomic E-state index is 0.0102. The third-order valence-electron chi connectivity index (χ3n) is 5.82. The molecule has 7 heteroatoms. The number of hydrogen-bond acceptors (Lipinski definition) is 4. The predicted molar refractivity (Wildman–Crippen MR) is 124 cm³/mol. The van der Waals surface area contributed by atoms with Gasteiger partial charge in [-0.05, 0) is 75.6 Å². The quantitative estimate of drug-likeness (QED) is 0.525. The average Bonchev–Trinajstić information content (AvgIpc) is 3.40. The number of carbonyl (C=O) groups excluding carboxylic acids is 2. The molecule has 0 aliphatic carbocycles. The molecular weight excluding hydrogens is 404 g/mol. The maximum absolute atomic E-state index is 12.7. The predicted octanol–water partition coefficient (Wildman–Crippen LogP) is 4.09. The van der Waals surface area contributed by atoms with Crippen molar-refractivity contribution in [2.24, 2.45) is 0 Å². The van der Waals surface area contributed by atoms with E-state index in [4.69, 9.17) is 4.74 Å². The molecule has 1 fully saturated rings. The number of methoxy groups -OCH3 is 1. The first-order valence-corrected chi connectivity index (χ1v) is 10.9. The third-order valence-corrected chi connectivity index (χ3v) is 5.82. The summed E-state index contributed by atoms with van der Waals surface area (Å²) in [5.41, 5.74) is 3.98. The molecule has 1 aliphatic rings. The van der Waals surface area contributed by atoms with Gasteiger partial charge in [-0.2, -0.15) is 5.26 Å². The van der Waals surface area contributed by atoms with Gasteiger partial charge in [-0.15, -0.1) is 0 Å². The summed E-state index contributed by atoms with van der Waals surface area (Å²) in [6, 6.07) is 10.9. The molecule has 1 saturated heterocycles. The molecule has 1 N–H and O–H groups in total. The molecular formula is C25H30N4O3. The number of likely N-dealkylation sites (tertiary alicyclic amines) is 1. The maximum atomic E-state index is 12.7. The molecule has 2 amide bonds. The molecule has 32 heavy (non-hydrogen) atoms. The molecule has 0 bridgehead atoms. The number of nitriles is 1. The van der Waals surface area contributed by atoms with Gasteiger partial charge >= 0.3 is 0 Å². The van der Waals surface area contributed by atoms with Crippen molar-refractivity contribution in [2.45, 2.75) is 39.7 Å². The van der Waals surface area contributed by atoms with Crippen LogP contribution in [0.25, 0.3) is 6.08 Å². The van der Waals surface area contributed by atoms with Crippen molar-refractivity contribution < 1.29 is 14.3 Å². The van der Waals surface area contributed by atoms with Crippen LogP contribution in [-0.2, 0) is 9.53 Å². The fraction of sp³-hybridized carbons (Fsp3) is 0.400. The van der Waals surface area contributed by atoms with Gasteiger partial charge in [0.2, 0.25) is 0 Å². The average molecular weight is 435 g/mol. The number of anilines is 1. The van der Waals surface area contributed by atoms with E-state index in [9.17, 15) is 14.9 Å². The molecule has 1 unspecified atom stereocenters. The molecule has 0 saturated carbocycles. The Kier molecular flexibility index (Phi) is 7.49. The topological polar surface area (TPSA) is 87.4 Å². The number of carbonyl (C=O) groups is 2. The Morgan fingerprint density at radius 2 is 1.88 bits per heavy atom. The maximum Gasteiger partial charge on any atom is 0.266 e. The van der Waals surface area contributed by atoms with Gasteiger partial charge in [0.1, 0.15) is 11.6 Å². The number of ether oxygens (including phenoxy) is 1. The fourth-order valence-corrected chi connectivity index (χ4v) is 4.24. The Labute approximate surface area is 189 Å². The summed E-state index contributed by atoms with van der Waals surface area (Å²) >= 11 is 0. The lowest BCUT2D eigenvalue weighted by atomic mass is 10.1. The minimum atomic E-state index is -0.485. The highest BCUT2D eigenvalue weighted by molar-refractivity contribution is 6.10. The molecule has 7 nitrogen and oxygen atoms in total. The highest BCUT2D eigenvalue weighted by atomic mass is 16.5. The largest absolute Gasteiger partial charge is 0.383 e. The van der Waals surface area contributed by atoms with E-state index in [-0.39, 0.29) is 17.5 Å². The molecule has 1 aromatic heterocycles. The van der Waals surface area contributed by atoms with Crippen LogP contribution >= 0.6 is 0 Å². The molecule has 1 aliphatic heterocycles. The summed E-state index contributed by atoms with van der Waals surface area (Å²) in [4.78, 5) is 27.0. The van der Waals surface area contributed by atoms with Gasteiger partial charge in [0, 0.05) is 42.8 Å². The second-order valence-electron chi connectivity index (χ2n) is 8.20. The summed E-state index contributed by atoms with van der Waals surface area (Å²) in [6.07, 6.45) is 3.69. The summed E-state index contributed by atoms with van der Waals surface area (Å²) in [7, 11) is 1.67. The van der Waals surface area contributed by atoms with Crippen molar-refractivity contribution in [3.63, 3.8) is 0 Å². The monoisotopic (exact) mass is 434 g/mol. The van der Waals surface area contributed by atoms with Crippen molar-refractivity contribution in [1.29, 1.82) is 5.26 Å². The van der Waals surface area contributed by atoms with E-state index >= 15 is 0 Å². The second-order valence-corrected chi connectivity index (χ2v) is 8.20. The first-order valence-electron chi connectivity index (χ1n) is 10.9. The highest BCUT2D eigenvalue weighted by Crippen LogP contribution is 2.23. The van der Waals surface area contributed by atoms with Crippen LogP contribution in [0.3, 0.4) is 0 Å². The molecule has 0 spiro atoms. The Bertz CT molecular complexity index is 1050. The van der Waals surface area contributed by atoms with Gasteiger partial charge < -0.3 is 19.5 Å². The first kappa shape index (κ1) is 23.3. The molecule has 2 heterocycles. The van der Waals surface area contributed by atoms with E-state index in [0.717, 1.165) is 42.9 Å². The van der Waals surface area contributed by atoms with E-state index in [1.165, 1.54) is 0 Å². The smallest absolute Gasteiger partial charge is 0.266 e. The number of benzene rings is 1. The zero-order valence-electron chi connectivity index (χ0n) is 19.1. The standard InChI is InChI=1S/C25H30N4O3/c1-17-13-21(19(3)29(17)18(2)16-32-4)14-22(15-26)24(30)27-23-9-7-20(8-10-23)25(31)28-11-5-6-12-28/h7-10,13-14,18H,5-6,11-12,16H2,1-4H3,(H,27,30)/b22-14-. The molecule has 168 valence electrons. The summed E-state index contributed by atoms with van der Waals surface area (Å²) in [6.45, 7) is 8.17. The third kappa shape index (κ3) is 5.09. The van der Waals surface area contributed by atoms with Crippen LogP contribution in [0.15, 0.2) is 35.9 Å². The number of hydrogen-bond donors (Lipinski definition) is 1. The number of aryl methyl sites for hydroxylation is 1. The van der Waals surface area contributed by atoms with Crippen molar-refractivity contribution in [1.82, 2.24) is 9.47 Å². The van der Waals surface area contributed by atoms with Gasteiger partial charge in [0.25, 0.3) is 11.8 Å². The highest BCUT2D eigenvalue weighted by Gasteiger charge is 2.20. The van der Waals surface area contributed by atoms with Crippen LogP contribution < -0.4 is 5.32 Å². The van der Waals surface area contributed by atoms with Crippen molar-refractivity contribution in [3.05, 3.63) is 58.4 Å². The summed E-state index contributed by atoms with van der Waals surface area (Å²) in [5.74, 6) is -0.475. The van der Waals surface area contributed by atoms with Gasteiger partial charge in [0.05, 0.1) is 12.6 Å². The molecule has 1 aromatic carbocycles. The van der Waals surface area contributed by atoms with E-state index in [2.05, 4.69) is 16.8 Å². The molecule has 0 radical (unpaired) electrons. The zero-order valence-corrected chi connectivity index (χ0v) is 19.1. The van der Waals surface area contributed by atoms with Crippen LogP contribution in [-0.4, -0.2) is 48.1 Å². The van der Waals surface area contributed by atoms with E-state index < -0.39 is 5.91 Å². The number of nitrogens with one attached hydrogen (secondary N) is 1. The Morgan fingerprint density at radius 1 is 1.22 bits per heavy atom. The van der Waals surface area contributed by atoms with E-state index in [1.54, 1.807) is 37.5 Å². The van der Waals surface area contributed by atoms with E-state index in [1.807, 2.05) is 30.9 Å². The normalized spacial score (nSPS) is 14.8. The molecule has 1 atom stereocenters. The number of aromatic nitrogens is 1. The van der Waals surface area contributed by atoms with Crippen LogP contribution in [0.1, 0.15) is 53.1 Å². The fourth-order valence-electron chi connectivity index (χ4n) is 4.24. The lowest BCUT2D eigenvalue weighted by Gasteiger charge is -2.17. The number of rotatable bonds is 7. The zero-order chi connectivity index (χ0) is 23.3. The first-order chi connectivity index (χ1) is 15.3. The lowest BCUT2D eigenvalue weighted by Crippen LogP contribution is -2.27. The van der Waals surface area contributed by atoms with Gasteiger partial charge in [-0.25, -0.2) is 0 Å². The molecule has 2 aromatic rings. The van der Waals surface area contributed by atoms with E-state index in [0.29, 0.717) is 17.9 Å². The minimum Gasteiger partial charge on any atom is -0.383 e. The van der Waals surface area contributed by atoms with Crippen molar-refractivity contribution in [2.75, 3.05) is 32.1 Å². The summed E-state index contributed by atoms with van der Waals surface area (Å²) in [5, 5.41) is 12.3. The summed E-state index contributed by atoms with van der Waals surface area (Å²) < 4.78 is 7.40. The van der Waals surface area contributed by atoms with Crippen molar-refractivity contribution in [3.8, 4) is 6.07 Å². The Hall–Kier alpha value is -3.37.